The van der Waals surface area contributed by atoms with Crippen molar-refractivity contribution >= 4 is 0 Å². The molecule has 0 unspecified atom stereocenters. The SMILES string of the molecule is Cc1cc([C@H]2CN2)c(C)n1CCCO. The number of aromatic nitrogens is 1. The summed E-state index contributed by atoms with van der Waals surface area (Å²) in [6.45, 7) is 6.62. The molecule has 1 aliphatic rings. The van der Waals surface area contributed by atoms with Crippen LogP contribution in [0.3, 0.4) is 0 Å². The second kappa shape index (κ2) is 3.75. The third-order valence-corrected chi connectivity index (χ3v) is 2.94. The number of nitrogens with one attached hydrogen (secondary N) is 1. The van der Waals surface area contributed by atoms with Crippen molar-refractivity contribution in [1.29, 1.82) is 0 Å². The number of hydrogen-bond donors (Lipinski definition) is 2. The summed E-state index contributed by atoms with van der Waals surface area (Å²) in [7, 11) is 0. The Morgan fingerprint density at radius 3 is 2.86 bits per heavy atom. The molecule has 0 spiro atoms. The Balaban J connectivity index is 2.20. The first-order valence-electron chi connectivity index (χ1n) is 5.25. The minimum absolute atomic E-state index is 0.272. The number of aliphatic hydroxyl groups is 1. The first-order valence-corrected chi connectivity index (χ1v) is 5.25. The van der Waals surface area contributed by atoms with E-state index in [-0.39, 0.29) is 6.61 Å². The molecule has 2 heterocycles. The van der Waals surface area contributed by atoms with Crippen LogP contribution >= 0.6 is 0 Å². The van der Waals surface area contributed by atoms with E-state index in [4.69, 9.17) is 5.11 Å². The second-order valence-corrected chi connectivity index (χ2v) is 4.02. The number of aryl methyl sites for hydroxylation is 1. The summed E-state index contributed by atoms with van der Waals surface area (Å²) in [6.07, 6.45) is 0.841. The van der Waals surface area contributed by atoms with Crippen molar-refractivity contribution < 1.29 is 5.11 Å². The molecule has 3 heteroatoms. The van der Waals surface area contributed by atoms with E-state index in [1.54, 1.807) is 0 Å². The number of rotatable bonds is 4. The van der Waals surface area contributed by atoms with Gasteiger partial charge in [-0.3, -0.25) is 0 Å². The van der Waals surface area contributed by atoms with Gasteiger partial charge in [0.05, 0.1) is 0 Å². The summed E-state index contributed by atoms with van der Waals surface area (Å²) in [5.41, 5.74) is 4.09. The van der Waals surface area contributed by atoms with E-state index in [1.165, 1.54) is 17.0 Å². The summed E-state index contributed by atoms with van der Waals surface area (Å²) in [6, 6.07) is 2.85. The molecule has 2 rings (SSSR count). The van der Waals surface area contributed by atoms with Gasteiger partial charge in [-0.15, -0.1) is 0 Å². The van der Waals surface area contributed by atoms with Crippen molar-refractivity contribution in [3.63, 3.8) is 0 Å². The van der Waals surface area contributed by atoms with Crippen molar-refractivity contribution in [3.8, 4) is 0 Å². The molecule has 2 N–H and O–H groups in total. The van der Waals surface area contributed by atoms with E-state index >= 15 is 0 Å². The van der Waals surface area contributed by atoms with Crippen LogP contribution in [0.2, 0.25) is 0 Å². The second-order valence-electron chi connectivity index (χ2n) is 4.02. The smallest absolute Gasteiger partial charge is 0.0465 e. The van der Waals surface area contributed by atoms with Gasteiger partial charge in [0.2, 0.25) is 0 Å². The molecular weight excluding hydrogens is 176 g/mol. The Morgan fingerprint density at radius 1 is 1.57 bits per heavy atom. The largest absolute Gasteiger partial charge is 0.396 e. The quantitative estimate of drug-likeness (QED) is 0.706. The van der Waals surface area contributed by atoms with E-state index in [0.717, 1.165) is 19.5 Å². The average Bonchev–Trinajstić information content (AvgIpc) is 2.94. The van der Waals surface area contributed by atoms with Crippen molar-refractivity contribution in [1.82, 2.24) is 9.88 Å². The Labute approximate surface area is 84.7 Å². The van der Waals surface area contributed by atoms with Gasteiger partial charge in [0.1, 0.15) is 0 Å². The molecule has 0 amide bonds. The maximum atomic E-state index is 8.81. The van der Waals surface area contributed by atoms with Crippen LogP contribution in [0.5, 0.6) is 0 Å². The average molecular weight is 194 g/mol. The number of hydrogen-bond acceptors (Lipinski definition) is 2. The van der Waals surface area contributed by atoms with Crippen LogP contribution in [0.25, 0.3) is 0 Å². The molecule has 1 fully saturated rings. The van der Waals surface area contributed by atoms with Crippen molar-refractivity contribution in [2.75, 3.05) is 13.2 Å². The van der Waals surface area contributed by atoms with E-state index in [2.05, 4.69) is 29.8 Å². The highest BCUT2D eigenvalue weighted by Crippen LogP contribution is 2.27. The summed E-state index contributed by atoms with van der Waals surface area (Å²) in [5.74, 6) is 0. The first kappa shape index (κ1) is 9.74. The number of aliphatic hydroxyl groups excluding tert-OH is 1. The molecule has 3 nitrogen and oxygen atoms in total. The van der Waals surface area contributed by atoms with Crippen LogP contribution in [0.4, 0.5) is 0 Å². The Kier molecular flexibility index (Phi) is 2.61. The molecule has 78 valence electrons. The maximum Gasteiger partial charge on any atom is 0.0465 e. The molecule has 14 heavy (non-hydrogen) atoms. The van der Waals surface area contributed by atoms with Crippen LogP contribution in [0.1, 0.15) is 29.4 Å². The van der Waals surface area contributed by atoms with Crippen LogP contribution in [-0.4, -0.2) is 22.8 Å². The standard InChI is InChI=1S/C11H18N2O/c1-8-6-10(11-7-12-11)9(2)13(8)4-3-5-14/h6,11-12,14H,3-5,7H2,1-2H3/t11-/m1/s1. The van der Waals surface area contributed by atoms with E-state index in [0.29, 0.717) is 6.04 Å². The van der Waals surface area contributed by atoms with Gasteiger partial charge in [0.25, 0.3) is 0 Å². The summed E-state index contributed by atoms with van der Waals surface area (Å²) < 4.78 is 2.30. The van der Waals surface area contributed by atoms with Crippen LogP contribution in [0, 0.1) is 13.8 Å². The lowest BCUT2D eigenvalue weighted by molar-refractivity contribution is 0.279. The fourth-order valence-electron chi connectivity index (χ4n) is 2.03. The van der Waals surface area contributed by atoms with Gasteiger partial charge in [0.15, 0.2) is 0 Å². The topological polar surface area (TPSA) is 47.1 Å². The normalized spacial score (nSPS) is 20.1. The lowest BCUT2D eigenvalue weighted by Crippen LogP contribution is -2.04. The van der Waals surface area contributed by atoms with E-state index < -0.39 is 0 Å². The first-order chi connectivity index (χ1) is 6.74. The van der Waals surface area contributed by atoms with E-state index in [9.17, 15) is 0 Å². The lowest BCUT2D eigenvalue weighted by atomic mass is 10.2. The highest BCUT2D eigenvalue weighted by atomic mass is 16.3. The molecule has 1 atom stereocenters. The molecule has 1 saturated heterocycles. The minimum Gasteiger partial charge on any atom is -0.396 e. The third kappa shape index (κ3) is 1.70. The molecule has 0 bridgehead atoms. The van der Waals surface area contributed by atoms with Crippen LogP contribution in [-0.2, 0) is 6.54 Å². The van der Waals surface area contributed by atoms with Gasteiger partial charge < -0.3 is 15.0 Å². The minimum atomic E-state index is 0.272. The predicted molar refractivity (Wildman–Crippen MR) is 56.4 cm³/mol. The highest BCUT2D eigenvalue weighted by molar-refractivity contribution is 5.32. The molecule has 0 aliphatic carbocycles. The molecule has 1 aromatic heterocycles. The van der Waals surface area contributed by atoms with Crippen molar-refractivity contribution in [2.45, 2.75) is 32.9 Å². The molecular formula is C11H18N2O. The van der Waals surface area contributed by atoms with Crippen molar-refractivity contribution in [3.05, 3.63) is 23.0 Å². The van der Waals surface area contributed by atoms with E-state index in [1.807, 2.05) is 0 Å². The Morgan fingerprint density at radius 2 is 2.29 bits per heavy atom. The molecule has 1 aromatic rings. The van der Waals surface area contributed by atoms with Gasteiger partial charge in [-0.1, -0.05) is 0 Å². The zero-order valence-electron chi connectivity index (χ0n) is 8.88. The zero-order valence-corrected chi connectivity index (χ0v) is 8.88. The monoisotopic (exact) mass is 194 g/mol. The predicted octanol–water partition coefficient (Wildman–Crippen LogP) is 1.13. The Bertz CT molecular complexity index is 326. The lowest BCUT2D eigenvalue weighted by Gasteiger charge is -2.08. The molecule has 1 aliphatic heterocycles. The number of nitrogens with zero attached hydrogens (tertiary/aromatic N) is 1. The summed E-state index contributed by atoms with van der Waals surface area (Å²) in [4.78, 5) is 0. The van der Waals surface area contributed by atoms with Gasteiger partial charge in [-0.05, 0) is 31.9 Å². The molecule has 0 saturated carbocycles. The fraction of sp³-hybridized carbons (Fsp3) is 0.636. The molecule has 0 aromatic carbocycles. The fourth-order valence-corrected chi connectivity index (χ4v) is 2.03. The van der Waals surface area contributed by atoms with Gasteiger partial charge in [-0.25, -0.2) is 0 Å². The zero-order chi connectivity index (χ0) is 10.1. The Hall–Kier alpha value is -0.800. The third-order valence-electron chi connectivity index (χ3n) is 2.94. The maximum absolute atomic E-state index is 8.81. The summed E-state index contributed by atoms with van der Waals surface area (Å²) >= 11 is 0. The summed E-state index contributed by atoms with van der Waals surface area (Å²) in [5, 5.41) is 12.1. The van der Waals surface area contributed by atoms with Crippen LogP contribution < -0.4 is 5.32 Å². The van der Waals surface area contributed by atoms with Crippen LogP contribution in [0.15, 0.2) is 6.07 Å². The van der Waals surface area contributed by atoms with Crippen molar-refractivity contribution in [2.24, 2.45) is 0 Å². The highest BCUT2D eigenvalue weighted by Gasteiger charge is 2.26. The molecule has 0 radical (unpaired) electrons. The van der Waals surface area contributed by atoms with Gasteiger partial charge in [-0.2, -0.15) is 0 Å². The van der Waals surface area contributed by atoms with Gasteiger partial charge >= 0.3 is 0 Å². The van der Waals surface area contributed by atoms with Gasteiger partial charge in [0, 0.05) is 37.1 Å².